The van der Waals surface area contributed by atoms with Crippen molar-refractivity contribution in [2.45, 2.75) is 0 Å². The minimum atomic E-state index is 0.130. The molecule has 1 aliphatic rings. The van der Waals surface area contributed by atoms with Crippen LogP contribution in [0.25, 0.3) is 0 Å². The van der Waals surface area contributed by atoms with Crippen molar-refractivity contribution in [2.75, 3.05) is 26.4 Å². The molecule has 0 aromatic rings. The Balaban J connectivity index is 2.32. The second kappa shape index (κ2) is 3.15. The molecule has 1 unspecified atom stereocenters. The van der Waals surface area contributed by atoms with Gasteiger partial charge in [-0.1, -0.05) is 0 Å². The largest absolute Gasteiger partial charge is 0.396 e. The zero-order valence-corrected chi connectivity index (χ0v) is 5.29. The molecule has 9 heavy (non-hydrogen) atoms. The first kappa shape index (κ1) is 6.99. The van der Waals surface area contributed by atoms with Crippen molar-refractivity contribution >= 4 is 0 Å². The van der Waals surface area contributed by atoms with Gasteiger partial charge in [-0.3, -0.25) is 0 Å². The molecule has 1 rings (SSSR count). The van der Waals surface area contributed by atoms with E-state index >= 15 is 0 Å². The van der Waals surface area contributed by atoms with E-state index in [1.807, 2.05) is 0 Å². The van der Waals surface area contributed by atoms with Crippen LogP contribution in [0.15, 0.2) is 0 Å². The molecule has 0 radical (unpaired) electrons. The molecule has 54 valence electrons. The van der Waals surface area contributed by atoms with Crippen LogP contribution in [0, 0.1) is 11.8 Å². The molecule has 0 bridgehead atoms. The van der Waals surface area contributed by atoms with Gasteiger partial charge in [0.05, 0.1) is 13.2 Å². The van der Waals surface area contributed by atoms with Gasteiger partial charge in [-0.05, 0) is 0 Å². The monoisotopic (exact) mass is 132 g/mol. The van der Waals surface area contributed by atoms with Crippen LogP contribution >= 0.6 is 0 Å². The summed E-state index contributed by atoms with van der Waals surface area (Å²) in [6.07, 6.45) is 0. The van der Waals surface area contributed by atoms with E-state index in [2.05, 4.69) is 0 Å². The highest BCUT2D eigenvalue weighted by atomic mass is 16.5. The van der Waals surface area contributed by atoms with Crippen LogP contribution in [-0.4, -0.2) is 36.6 Å². The quantitative estimate of drug-likeness (QED) is 0.519. The SMILES string of the molecule is OCC1COC[C@@H]1CO. The van der Waals surface area contributed by atoms with Crippen LogP contribution < -0.4 is 0 Å². The van der Waals surface area contributed by atoms with Crippen LogP contribution in [0.4, 0.5) is 0 Å². The fourth-order valence-electron chi connectivity index (χ4n) is 1.05. The average molecular weight is 132 g/mol. The van der Waals surface area contributed by atoms with Crippen molar-refractivity contribution in [1.82, 2.24) is 0 Å². The van der Waals surface area contributed by atoms with Crippen LogP contribution in [0.2, 0.25) is 0 Å². The highest BCUT2D eigenvalue weighted by molar-refractivity contribution is 4.73. The number of hydrogen-bond acceptors (Lipinski definition) is 3. The van der Waals surface area contributed by atoms with Gasteiger partial charge in [0.25, 0.3) is 0 Å². The van der Waals surface area contributed by atoms with Crippen molar-refractivity contribution in [3.8, 4) is 0 Å². The predicted molar refractivity (Wildman–Crippen MR) is 32.0 cm³/mol. The molecule has 1 fully saturated rings. The lowest BCUT2D eigenvalue weighted by Gasteiger charge is -2.09. The van der Waals surface area contributed by atoms with E-state index in [-0.39, 0.29) is 25.0 Å². The summed E-state index contributed by atoms with van der Waals surface area (Å²) in [5.41, 5.74) is 0. The van der Waals surface area contributed by atoms with Crippen LogP contribution in [-0.2, 0) is 4.74 Å². The van der Waals surface area contributed by atoms with Crippen LogP contribution in [0.1, 0.15) is 0 Å². The minimum absolute atomic E-state index is 0.130. The Hall–Kier alpha value is -0.120. The van der Waals surface area contributed by atoms with Gasteiger partial charge < -0.3 is 14.9 Å². The molecule has 0 aliphatic carbocycles. The number of rotatable bonds is 2. The first-order chi connectivity index (χ1) is 4.38. The summed E-state index contributed by atoms with van der Waals surface area (Å²) in [6, 6.07) is 0. The normalized spacial score (nSPS) is 35.3. The molecular formula is C6H12O3. The molecule has 1 heterocycles. The zero-order valence-electron chi connectivity index (χ0n) is 5.29. The summed E-state index contributed by atoms with van der Waals surface area (Å²) in [5, 5.41) is 17.4. The Morgan fingerprint density at radius 1 is 1.11 bits per heavy atom. The molecule has 2 atom stereocenters. The summed E-state index contributed by atoms with van der Waals surface area (Å²) in [5.74, 6) is 0.324. The molecule has 0 aromatic carbocycles. The lowest BCUT2D eigenvalue weighted by molar-refractivity contribution is 0.152. The topological polar surface area (TPSA) is 49.7 Å². The van der Waals surface area contributed by atoms with E-state index in [4.69, 9.17) is 14.9 Å². The third-order valence-electron chi connectivity index (χ3n) is 1.80. The van der Waals surface area contributed by atoms with Gasteiger partial charge in [0.1, 0.15) is 0 Å². The maximum absolute atomic E-state index is 8.68. The van der Waals surface area contributed by atoms with E-state index in [0.717, 1.165) is 0 Å². The average Bonchev–Trinajstić information content (AvgIpc) is 2.33. The Labute approximate surface area is 54.3 Å². The van der Waals surface area contributed by atoms with Crippen molar-refractivity contribution in [2.24, 2.45) is 11.8 Å². The molecule has 3 nitrogen and oxygen atoms in total. The summed E-state index contributed by atoms with van der Waals surface area (Å²) >= 11 is 0. The van der Waals surface area contributed by atoms with Gasteiger partial charge in [-0.15, -0.1) is 0 Å². The maximum atomic E-state index is 8.68. The maximum Gasteiger partial charge on any atom is 0.0520 e. The lowest BCUT2D eigenvalue weighted by Crippen LogP contribution is -2.19. The first-order valence-corrected chi connectivity index (χ1v) is 3.18. The number of ether oxygens (including phenoxy) is 1. The van der Waals surface area contributed by atoms with E-state index in [1.54, 1.807) is 0 Å². The molecule has 1 saturated heterocycles. The molecule has 0 aromatic heterocycles. The van der Waals surface area contributed by atoms with Gasteiger partial charge in [0, 0.05) is 25.0 Å². The molecule has 1 aliphatic heterocycles. The van der Waals surface area contributed by atoms with Crippen LogP contribution in [0.3, 0.4) is 0 Å². The number of aliphatic hydroxyl groups is 2. The second-order valence-corrected chi connectivity index (χ2v) is 2.42. The number of aliphatic hydroxyl groups excluding tert-OH is 2. The molecule has 0 amide bonds. The summed E-state index contributed by atoms with van der Waals surface area (Å²) in [7, 11) is 0. The molecular weight excluding hydrogens is 120 g/mol. The third kappa shape index (κ3) is 1.41. The van der Waals surface area contributed by atoms with Gasteiger partial charge >= 0.3 is 0 Å². The Bertz CT molecular complexity index is 74.4. The standard InChI is InChI=1S/C6H12O3/c7-1-5-3-9-4-6(5)2-8/h5-8H,1-4H2/t5-,6?/m0/s1. The third-order valence-corrected chi connectivity index (χ3v) is 1.80. The Kier molecular flexibility index (Phi) is 2.45. The van der Waals surface area contributed by atoms with E-state index in [1.165, 1.54) is 0 Å². The van der Waals surface area contributed by atoms with Crippen LogP contribution in [0.5, 0.6) is 0 Å². The summed E-state index contributed by atoms with van der Waals surface area (Å²) in [6.45, 7) is 1.46. The Morgan fingerprint density at radius 3 is 1.89 bits per heavy atom. The summed E-state index contributed by atoms with van der Waals surface area (Å²) in [4.78, 5) is 0. The van der Waals surface area contributed by atoms with Crippen molar-refractivity contribution in [3.63, 3.8) is 0 Å². The van der Waals surface area contributed by atoms with Gasteiger partial charge in [-0.25, -0.2) is 0 Å². The molecule has 2 N–H and O–H groups in total. The highest BCUT2D eigenvalue weighted by Gasteiger charge is 2.26. The highest BCUT2D eigenvalue weighted by Crippen LogP contribution is 2.18. The minimum Gasteiger partial charge on any atom is -0.396 e. The fourth-order valence-corrected chi connectivity index (χ4v) is 1.05. The summed E-state index contributed by atoms with van der Waals surface area (Å²) < 4.78 is 5.03. The fraction of sp³-hybridized carbons (Fsp3) is 1.00. The predicted octanol–water partition coefficient (Wildman–Crippen LogP) is -0.766. The zero-order chi connectivity index (χ0) is 6.69. The molecule has 0 spiro atoms. The molecule has 3 heteroatoms. The number of hydrogen-bond donors (Lipinski definition) is 2. The van der Waals surface area contributed by atoms with E-state index < -0.39 is 0 Å². The first-order valence-electron chi connectivity index (χ1n) is 3.18. The van der Waals surface area contributed by atoms with Crippen molar-refractivity contribution in [3.05, 3.63) is 0 Å². The van der Waals surface area contributed by atoms with Gasteiger partial charge in [0.2, 0.25) is 0 Å². The van der Waals surface area contributed by atoms with Crippen molar-refractivity contribution in [1.29, 1.82) is 0 Å². The van der Waals surface area contributed by atoms with Gasteiger partial charge in [0.15, 0.2) is 0 Å². The lowest BCUT2D eigenvalue weighted by atomic mass is 9.98. The Morgan fingerprint density at radius 2 is 1.56 bits per heavy atom. The second-order valence-electron chi connectivity index (χ2n) is 2.42. The smallest absolute Gasteiger partial charge is 0.0520 e. The molecule has 0 saturated carbocycles. The van der Waals surface area contributed by atoms with Gasteiger partial charge in [-0.2, -0.15) is 0 Å². The van der Waals surface area contributed by atoms with Crippen molar-refractivity contribution < 1.29 is 14.9 Å². The van der Waals surface area contributed by atoms with E-state index in [0.29, 0.717) is 13.2 Å². The van der Waals surface area contributed by atoms with E-state index in [9.17, 15) is 0 Å².